The highest BCUT2D eigenvalue weighted by molar-refractivity contribution is 7.85. The summed E-state index contributed by atoms with van der Waals surface area (Å²) in [7, 11) is -3.91. The molecule has 0 saturated carbocycles. The van der Waals surface area contributed by atoms with E-state index < -0.39 is 16.1 Å². The fourth-order valence-corrected chi connectivity index (χ4v) is 1.99. The van der Waals surface area contributed by atoms with Crippen LogP contribution in [0, 0.1) is 5.92 Å². The van der Waals surface area contributed by atoms with Crippen LogP contribution in [0.2, 0.25) is 0 Å². The minimum absolute atomic E-state index is 0.151. The molecule has 0 aliphatic rings. The Kier molecular flexibility index (Phi) is 6.19. The van der Waals surface area contributed by atoms with Gasteiger partial charge in [0.1, 0.15) is 0 Å². The lowest BCUT2D eigenvalue weighted by Crippen LogP contribution is -2.13. The minimum Gasteiger partial charge on any atom is -0.463 e. The predicted molar refractivity (Wildman–Crippen MR) is 56.0 cm³/mol. The first kappa shape index (κ1) is 14.1. The smallest absolute Gasteiger partial charge is 0.330 e. The summed E-state index contributed by atoms with van der Waals surface area (Å²) in [6.45, 7) is 5.18. The Morgan fingerprint density at radius 3 is 2.67 bits per heavy atom. The van der Waals surface area contributed by atoms with Crippen LogP contribution in [0.3, 0.4) is 0 Å². The molecule has 0 aliphatic heterocycles. The number of rotatable bonds is 7. The number of esters is 1. The van der Waals surface area contributed by atoms with Crippen molar-refractivity contribution in [3.63, 3.8) is 0 Å². The Morgan fingerprint density at radius 1 is 1.60 bits per heavy atom. The maximum Gasteiger partial charge on any atom is 0.330 e. The summed E-state index contributed by atoms with van der Waals surface area (Å²) >= 11 is 0. The zero-order valence-corrected chi connectivity index (χ0v) is 9.50. The molecule has 0 radical (unpaired) electrons. The van der Waals surface area contributed by atoms with Gasteiger partial charge in [-0.2, -0.15) is 8.42 Å². The Morgan fingerprint density at radius 2 is 2.20 bits per heavy atom. The molecular weight excluding hydrogens is 220 g/mol. The highest BCUT2D eigenvalue weighted by atomic mass is 32.2. The minimum atomic E-state index is -3.91. The van der Waals surface area contributed by atoms with Gasteiger partial charge < -0.3 is 4.74 Å². The zero-order chi connectivity index (χ0) is 11.9. The van der Waals surface area contributed by atoms with Crippen LogP contribution in [-0.2, 0) is 19.6 Å². The number of hydrogen-bond donors (Lipinski definition) is 1. The van der Waals surface area contributed by atoms with Crippen molar-refractivity contribution < 1.29 is 22.5 Å². The van der Waals surface area contributed by atoms with Gasteiger partial charge in [0.25, 0.3) is 10.1 Å². The zero-order valence-electron chi connectivity index (χ0n) is 8.68. The summed E-state index contributed by atoms with van der Waals surface area (Å²) in [5.41, 5.74) is 0. The van der Waals surface area contributed by atoms with E-state index in [1.165, 1.54) is 0 Å². The third-order valence-corrected chi connectivity index (χ3v) is 2.74. The third-order valence-electron chi connectivity index (χ3n) is 1.75. The molecule has 0 aliphatic carbocycles. The van der Waals surface area contributed by atoms with Crippen LogP contribution in [0.1, 0.15) is 19.8 Å². The molecule has 15 heavy (non-hydrogen) atoms. The van der Waals surface area contributed by atoms with Gasteiger partial charge in [0.05, 0.1) is 12.4 Å². The summed E-state index contributed by atoms with van der Waals surface area (Å²) in [5, 5.41) is 0. The number of carbonyl (C=O) groups is 1. The summed E-state index contributed by atoms with van der Waals surface area (Å²) in [6, 6.07) is 0. The summed E-state index contributed by atoms with van der Waals surface area (Å²) < 4.78 is 34.2. The normalized spacial score (nSPS) is 13.2. The molecule has 0 fully saturated rings. The van der Waals surface area contributed by atoms with Crippen molar-refractivity contribution in [1.82, 2.24) is 0 Å². The molecular formula is C9H16O5S. The first-order chi connectivity index (χ1) is 6.85. The molecule has 1 unspecified atom stereocenters. The molecule has 0 aromatic heterocycles. The fourth-order valence-electron chi connectivity index (χ4n) is 1.11. The third kappa shape index (κ3) is 9.42. The van der Waals surface area contributed by atoms with Crippen LogP contribution in [0.5, 0.6) is 0 Å². The highest BCUT2D eigenvalue weighted by Gasteiger charge is 2.11. The molecule has 0 bridgehead atoms. The van der Waals surface area contributed by atoms with Crippen molar-refractivity contribution in [1.29, 1.82) is 0 Å². The number of hydrogen-bond acceptors (Lipinski definition) is 4. The van der Waals surface area contributed by atoms with Crippen molar-refractivity contribution >= 4 is 16.1 Å². The Hall–Kier alpha value is -0.880. The van der Waals surface area contributed by atoms with E-state index in [0.717, 1.165) is 6.08 Å². The van der Waals surface area contributed by atoms with E-state index in [4.69, 9.17) is 9.29 Å². The standard InChI is InChI=1S/C9H16O5S/c1-3-9(10)14-6-4-5-8(2)7-15(11,12)13/h3,8H,1,4-7H2,2H3,(H,11,12,13). The SMILES string of the molecule is C=CC(=O)OCCCC(C)CS(=O)(=O)O. The maximum atomic E-state index is 10.6. The second-order valence-electron chi connectivity index (χ2n) is 3.37. The van der Waals surface area contributed by atoms with E-state index in [0.29, 0.717) is 12.8 Å². The van der Waals surface area contributed by atoms with E-state index >= 15 is 0 Å². The quantitative estimate of drug-likeness (QED) is 0.309. The summed E-state index contributed by atoms with van der Waals surface area (Å²) in [6.07, 6.45) is 2.21. The molecule has 0 rings (SSSR count). The van der Waals surface area contributed by atoms with E-state index in [1.807, 2.05) is 0 Å². The lowest BCUT2D eigenvalue weighted by molar-refractivity contribution is -0.137. The van der Waals surface area contributed by atoms with Crippen molar-refractivity contribution in [3.05, 3.63) is 12.7 Å². The molecule has 0 aromatic rings. The Labute approximate surface area is 89.9 Å². The number of carbonyl (C=O) groups excluding carboxylic acids is 1. The molecule has 5 nitrogen and oxygen atoms in total. The van der Waals surface area contributed by atoms with Gasteiger partial charge in [-0.1, -0.05) is 13.5 Å². The predicted octanol–water partition coefficient (Wildman–Crippen LogP) is 1.02. The van der Waals surface area contributed by atoms with Crippen molar-refractivity contribution in [2.75, 3.05) is 12.4 Å². The van der Waals surface area contributed by atoms with Gasteiger partial charge >= 0.3 is 5.97 Å². The fraction of sp³-hybridized carbons (Fsp3) is 0.667. The van der Waals surface area contributed by atoms with Crippen molar-refractivity contribution in [2.45, 2.75) is 19.8 Å². The molecule has 0 aromatic carbocycles. The monoisotopic (exact) mass is 236 g/mol. The Bertz CT molecular complexity index is 306. The van der Waals surface area contributed by atoms with Crippen LogP contribution in [-0.4, -0.2) is 31.3 Å². The van der Waals surface area contributed by atoms with Gasteiger partial charge in [-0.05, 0) is 18.8 Å². The second-order valence-corrected chi connectivity index (χ2v) is 4.86. The van der Waals surface area contributed by atoms with Gasteiger partial charge in [0, 0.05) is 6.08 Å². The van der Waals surface area contributed by atoms with E-state index in [2.05, 4.69) is 6.58 Å². The molecule has 1 N–H and O–H groups in total. The number of ether oxygens (including phenoxy) is 1. The average molecular weight is 236 g/mol. The Balaban J connectivity index is 3.60. The van der Waals surface area contributed by atoms with Crippen LogP contribution < -0.4 is 0 Å². The first-order valence-corrected chi connectivity index (χ1v) is 6.20. The van der Waals surface area contributed by atoms with Gasteiger partial charge in [-0.25, -0.2) is 4.79 Å². The van der Waals surface area contributed by atoms with Gasteiger partial charge in [-0.3, -0.25) is 4.55 Å². The molecule has 6 heteroatoms. The largest absolute Gasteiger partial charge is 0.463 e. The van der Waals surface area contributed by atoms with Gasteiger partial charge in [0.2, 0.25) is 0 Å². The van der Waals surface area contributed by atoms with Crippen LogP contribution in [0.15, 0.2) is 12.7 Å². The van der Waals surface area contributed by atoms with Gasteiger partial charge in [-0.15, -0.1) is 0 Å². The molecule has 1 atom stereocenters. The van der Waals surface area contributed by atoms with E-state index in [-0.39, 0.29) is 18.3 Å². The molecule has 0 amide bonds. The average Bonchev–Trinajstić information content (AvgIpc) is 2.09. The van der Waals surface area contributed by atoms with Crippen LogP contribution >= 0.6 is 0 Å². The molecule has 88 valence electrons. The van der Waals surface area contributed by atoms with Crippen LogP contribution in [0.4, 0.5) is 0 Å². The van der Waals surface area contributed by atoms with Crippen molar-refractivity contribution in [3.8, 4) is 0 Å². The molecule has 0 spiro atoms. The lowest BCUT2D eigenvalue weighted by atomic mass is 10.1. The first-order valence-electron chi connectivity index (χ1n) is 4.59. The molecule has 0 heterocycles. The summed E-state index contributed by atoms with van der Waals surface area (Å²) in [5.74, 6) is -0.901. The lowest BCUT2D eigenvalue weighted by Gasteiger charge is -2.08. The topological polar surface area (TPSA) is 80.7 Å². The molecule has 0 saturated heterocycles. The van der Waals surface area contributed by atoms with Crippen LogP contribution in [0.25, 0.3) is 0 Å². The maximum absolute atomic E-state index is 10.6. The second kappa shape index (κ2) is 6.58. The summed E-state index contributed by atoms with van der Waals surface area (Å²) in [4.78, 5) is 10.6. The van der Waals surface area contributed by atoms with Crippen molar-refractivity contribution in [2.24, 2.45) is 5.92 Å². The van der Waals surface area contributed by atoms with E-state index in [1.54, 1.807) is 6.92 Å². The van der Waals surface area contributed by atoms with Gasteiger partial charge in [0.15, 0.2) is 0 Å². The van der Waals surface area contributed by atoms with E-state index in [9.17, 15) is 13.2 Å². The highest BCUT2D eigenvalue weighted by Crippen LogP contribution is 2.08.